The van der Waals surface area contributed by atoms with Crippen molar-refractivity contribution >= 4 is 35.0 Å². The molecule has 0 aliphatic heterocycles. The SMILES string of the molecule is CC[C@H](C)NC(=O)[C@H](Cc1ccccc1)N(Cc1ccc(Cl)c(Cl)c1)C(=O)COc1cc(C)ccc1C. The number of hydrogen-bond acceptors (Lipinski definition) is 3. The average Bonchev–Trinajstić information content (AvgIpc) is 2.88. The predicted octanol–water partition coefficient (Wildman–Crippen LogP) is 6.54. The first-order chi connectivity index (χ1) is 17.7. The topological polar surface area (TPSA) is 58.6 Å². The van der Waals surface area contributed by atoms with Gasteiger partial charge in [0.2, 0.25) is 5.91 Å². The van der Waals surface area contributed by atoms with Crippen LogP contribution in [0.2, 0.25) is 10.0 Å². The summed E-state index contributed by atoms with van der Waals surface area (Å²) >= 11 is 12.4. The highest BCUT2D eigenvalue weighted by atomic mass is 35.5. The maximum absolute atomic E-state index is 13.7. The first-order valence-corrected chi connectivity index (χ1v) is 13.2. The molecule has 0 aromatic heterocycles. The molecule has 0 radical (unpaired) electrons. The molecule has 5 nitrogen and oxygen atoms in total. The number of ether oxygens (including phenoxy) is 1. The van der Waals surface area contributed by atoms with Gasteiger partial charge in [0.15, 0.2) is 6.61 Å². The summed E-state index contributed by atoms with van der Waals surface area (Å²) < 4.78 is 5.95. The van der Waals surface area contributed by atoms with Crippen LogP contribution in [0.25, 0.3) is 0 Å². The molecule has 2 amide bonds. The first kappa shape index (κ1) is 28.5. The number of hydrogen-bond donors (Lipinski definition) is 1. The van der Waals surface area contributed by atoms with Crippen LogP contribution in [0.4, 0.5) is 0 Å². The van der Waals surface area contributed by atoms with Crippen LogP contribution in [0.15, 0.2) is 66.7 Å². The summed E-state index contributed by atoms with van der Waals surface area (Å²) in [5, 5.41) is 3.88. The standard InChI is InChI=1S/C30H34Cl2N2O3/c1-5-22(4)33-30(36)27(17-23-9-7-6-8-10-23)34(18-24-13-14-25(31)26(32)16-24)29(35)19-37-28-15-20(2)11-12-21(28)3/h6-16,22,27H,5,17-19H2,1-4H3,(H,33,36)/t22-,27-/m0/s1. The fourth-order valence-corrected chi connectivity index (χ4v) is 4.24. The summed E-state index contributed by atoms with van der Waals surface area (Å²) in [7, 11) is 0. The number of carbonyl (C=O) groups is 2. The van der Waals surface area contributed by atoms with Crippen LogP contribution < -0.4 is 10.1 Å². The molecule has 0 bridgehead atoms. The van der Waals surface area contributed by atoms with Crippen molar-refractivity contribution in [2.24, 2.45) is 0 Å². The lowest BCUT2D eigenvalue weighted by Gasteiger charge is -2.32. The van der Waals surface area contributed by atoms with E-state index in [2.05, 4.69) is 5.32 Å². The maximum Gasteiger partial charge on any atom is 0.261 e. The highest BCUT2D eigenvalue weighted by molar-refractivity contribution is 6.42. The minimum absolute atomic E-state index is 0.0288. The zero-order valence-corrected chi connectivity index (χ0v) is 23.3. The lowest BCUT2D eigenvalue weighted by molar-refractivity contribution is -0.143. The van der Waals surface area contributed by atoms with Crippen molar-refractivity contribution in [3.05, 3.63) is 99.0 Å². The van der Waals surface area contributed by atoms with E-state index in [1.165, 1.54) is 0 Å². The summed E-state index contributed by atoms with van der Waals surface area (Å²) in [5.41, 5.74) is 3.69. The first-order valence-electron chi connectivity index (χ1n) is 12.5. The quantitative estimate of drug-likeness (QED) is 0.300. The number of benzene rings is 3. The predicted molar refractivity (Wildman–Crippen MR) is 150 cm³/mol. The number of carbonyl (C=O) groups excluding carboxylic acids is 2. The molecule has 0 aliphatic rings. The van der Waals surface area contributed by atoms with Crippen LogP contribution in [0, 0.1) is 13.8 Å². The molecule has 3 rings (SSSR count). The van der Waals surface area contributed by atoms with E-state index in [1.54, 1.807) is 17.0 Å². The zero-order valence-electron chi connectivity index (χ0n) is 21.8. The Morgan fingerprint density at radius 1 is 0.946 bits per heavy atom. The van der Waals surface area contributed by atoms with Gasteiger partial charge in [0.1, 0.15) is 11.8 Å². The molecule has 196 valence electrons. The monoisotopic (exact) mass is 540 g/mol. The fourth-order valence-electron chi connectivity index (χ4n) is 3.91. The van der Waals surface area contributed by atoms with Crippen molar-refractivity contribution in [3.63, 3.8) is 0 Å². The molecule has 37 heavy (non-hydrogen) atoms. The van der Waals surface area contributed by atoms with E-state index in [9.17, 15) is 9.59 Å². The van der Waals surface area contributed by atoms with E-state index in [1.807, 2.05) is 82.3 Å². The molecule has 3 aromatic rings. The van der Waals surface area contributed by atoms with Gasteiger partial charge >= 0.3 is 0 Å². The Bertz CT molecular complexity index is 1220. The number of nitrogens with one attached hydrogen (secondary N) is 1. The fraction of sp³-hybridized carbons (Fsp3) is 0.333. The lowest BCUT2D eigenvalue weighted by Crippen LogP contribution is -2.53. The molecule has 0 heterocycles. The largest absolute Gasteiger partial charge is 0.483 e. The summed E-state index contributed by atoms with van der Waals surface area (Å²) in [5.74, 6) is 0.136. The van der Waals surface area contributed by atoms with E-state index < -0.39 is 6.04 Å². The Balaban J connectivity index is 1.95. The van der Waals surface area contributed by atoms with Crippen LogP contribution >= 0.6 is 23.2 Å². The zero-order chi connectivity index (χ0) is 26.9. The smallest absolute Gasteiger partial charge is 0.261 e. The highest BCUT2D eigenvalue weighted by Gasteiger charge is 2.31. The molecule has 0 unspecified atom stereocenters. The normalized spacial score (nSPS) is 12.5. The van der Waals surface area contributed by atoms with Crippen molar-refractivity contribution in [1.82, 2.24) is 10.2 Å². The van der Waals surface area contributed by atoms with Crippen LogP contribution in [-0.4, -0.2) is 35.4 Å². The molecule has 0 aliphatic carbocycles. The molecule has 1 N–H and O–H groups in total. The molecule has 7 heteroatoms. The Hall–Kier alpha value is -3.02. The Morgan fingerprint density at radius 2 is 1.68 bits per heavy atom. The van der Waals surface area contributed by atoms with Crippen molar-refractivity contribution < 1.29 is 14.3 Å². The van der Waals surface area contributed by atoms with Crippen molar-refractivity contribution in [2.75, 3.05) is 6.61 Å². The van der Waals surface area contributed by atoms with Crippen LogP contribution in [-0.2, 0) is 22.6 Å². The van der Waals surface area contributed by atoms with Crippen molar-refractivity contribution in [3.8, 4) is 5.75 Å². The van der Waals surface area contributed by atoms with Gasteiger partial charge in [0.05, 0.1) is 10.0 Å². The molecule has 0 fully saturated rings. The van der Waals surface area contributed by atoms with Crippen LogP contribution in [0.3, 0.4) is 0 Å². The summed E-state index contributed by atoms with van der Waals surface area (Å²) in [6, 6.07) is 20.0. The Labute approximate surface area is 229 Å². The van der Waals surface area contributed by atoms with Crippen LogP contribution in [0.5, 0.6) is 5.75 Å². The Kier molecular flexibility index (Phi) is 10.4. The Morgan fingerprint density at radius 3 is 2.35 bits per heavy atom. The number of halogens is 2. The van der Waals surface area contributed by atoms with E-state index in [0.29, 0.717) is 22.2 Å². The summed E-state index contributed by atoms with van der Waals surface area (Å²) in [6.45, 7) is 7.84. The summed E-state index contributed by atoms with van der Waals surface area (Å²) in [6.07, 6.45) is 1.14. The molecule has 2 atom stereocenters. The minimum Gasteiger partial charge on any atom is -0.483 e. The maximum atomic E-state index is 13.7. The third kappa shape index (κ3) is 8.24. The number of aryl methyl sites for hydroxylation is 2. The third-order valence-corrected chi connectivity index (χ3v) is 7.04. The molecular weight excluding hydrogens is 507 g/mol. The molecular formula is C30H34Cl2N2O3. The van der Waals surface area contributed by atoms with Gasteiger partial charge in [0, 0.05) is 19.0 Å². The van der Waals surface area contributed by atoms with Gasteiger partial charge in [-0.25, -0.2) is 0 Å². The third-order valence-electron chi connectivity index (χ3n) is 6.30. The van der Waals surface area contributed by atoms with Gasteiger partial charge < -0.3 is 15.0 Å². The van der Waals surface area contributed by atoms with Crippen molar-refractivity contribution in [1.29, 1.82) is 0 Å². The number of amides is 2. The van der Waals surface area contributed by atoms with E-state index in [-0.39, 0.29) is 31.0 Å². The van der Waals surface area contributed by atoms with Gasteiger partial charge in [-0.15, -0.1) is 0 Å². The van der Waals surface area contributed by atoms with Gasteiger partial charge in [-0.2, -0.15) is 0 Å². The molecule has 0 saturated heterocycles. The van der Waals surface area contributed by atoms with Gasteiger partial charge in [0.25, 0.3) is 5.91 Å². The minimum atomic E-state index is -0.749. The number of rotatable bonds is 11. The summed E-state index contributed by atoms with van der Waals surface area (Å²) in [4.78, 5) is 28.9. The van der Waals surface area contributed by atoms with E-state index >= 15 is 0 Å². The number of nitrogens with zero attached hydrogens (tertiary/aromatic N) is 1. The van der Waals surface area contributed by atoms with Gasteiger partial charge in [-0.05, 0) is 67.6 Å². The van der Waals surface area contributed by atoms with E-state index in [0.717, 1.165) is 28.7 Å². The second kappa shape index (κ2) is 13.5. The molecule has 0 saturated carbocycles. The molecule has 0 spiro atoms. The second-order valence-electron chi connectivity index (χ2n) is 9.35. The van der Waals surface area contributed by atoms with E-state index in [4.69, 9.17) is 27.9 Å². The second-order valence-corrected chi connectivity index (χ2v) is 10.2. The molecule has 3 aromatic carbocycles. The van der Waals surface area contributed by atoms with Crippen LogP contribution in [0.1, 0.15) is 42.5 Å². The lowest BCUT2D eigenvalue weighted by atomic mass is 10.0. The van der Waals surface area contributed by atoms with Gasteiger partial charge in [-0.3, -0.25) is 9.59 Å². The average molecular weight is 542 g/mol. The van der Waals surface area contributed by atoms with Crippen molar-refractivity contribution in [2.45, 2.75) is 59.2 Å². The highest BCUT2D eigenvalue weighted by Crippen LogP contribution is 2.25. The van der Waals surface area contributed by atoms with Gasteiger partial charge in [-0.1, -0.05) is 78.7 Å².